The molecule has 0 aromatic heterocycles. The first-order valence-corrected chi connectivity index (χ1v) is 4.42. The molecule has 0 atom stereocenters. The van der Waals surface area contributed by atoms with Gasteiger partial charge in [-0.2, -0.15) is 0 Å². The van der Waals surface area contributed by atoms with Crippen LogP contribution in [0.3, 0.4) is 0 Å². The Bertz CT molecular complexity index is 426. The normalized spacial score (nSPS) is 10.1. The van der Waals surface area contributed by atoms with Gasteiger partial charge in [-0.25, -0.2) is 0 Å². The summed E-state index contributed by atoms with van der Waals surface area (Å²) < 4.78 is 5.09. The Hall–Kier alpha value is -1.78. The number of nitrogens with zero attached hydrogens (tertiary/aromatic N) is 1. The molecule has 0 radical (unpaired) electrons. The van der Waals surface area contributed by atoms with Crippen LogP contribution < -0.4 is 4.74 Å². The number of ether oxygens (including phenoxy) is 1. The van der Waals surface area contributed by atoms with Crippen LogP contribution in [0.2, 0.25) is 0 Å². The van der Waals surface area contributed by atoms with E-state index >= 15 is 0 Å². The average molecular weight is 211 g/mol. The maximum Gasteiger partial charge on any atom is 0.317 e. The molecular formula is C10H13NO4. The lowest BCUT2D eigenvalue weighted by molar-refractivity contribution is -0.386. The molecule has 0 aliphatic heterocycles. The number of methoxy groups -OCH3 is 1. The average Bonchev–Trinajstić information content (AvgIpc) is 2.15. The summed E-state index contributed by atoms with van der Waals surface area (Å²) >= 11 is 0. The molecule has 0 unspecified atom stereocenters. The van der Waals surface area contributed by atoms with Gasteiger partial charge in [-0.3, -0.25) is 10.1 Å². The Morgan fingerprint density at radius 3 is 2.13 bits per heavy atom. The third-order valence-corrected chi connectivity index (χ3v) is 2.57. The van der Waals surface area contributed by atoms with E-state index < -0.39 is 4.92 Å². The Labute approximate surface area is 87.5 Å². The predicted octanol–water partition coefficient (Wildman–Crippen LogP) is 2.23. The van der Waals surface area contributed by atoms with Gasteiger partial charge in [0.15, 0.2) is 5.75 Å². The molecule has 1 N–H and O–H groups in total. The Kier molecular flexibility index (Phi) is 2.83. The lowest BCUT2D eigenvalue weighted by Gasteiger charge is -2.12. The molecule has 5 heteroatoms. The molecule has 0 amide bonds. The summed E-state index contributed by atoms with van der Waals surface area (Å²) in [5.41, 5.74) is 1.26. The molecular weight excluding hydrogens is 198 g/mol. The van der Waals surface area contributed by atoms with Crippen LogP contribution in [0, 0.1) is 30.9 Å². The first-order valence-electron chi connectivity index (χ1n) is 4.42. The molecule has 0 aliphatic carbocycles. The minimum absolute atomic E-state index is 0.282. The second-order valence-corrected chi connectivity index (χ2v) is 3.36. The van der Waals surface area contributed by atoms with Crippen molar-refractivity contribution in [2.24, 2.45) is 0 Å². The SMILES string of the molecule is COc1c(C)c(C)c(O)c([N+](=O)[O-])c1C. The number of nitro benzene ring substituents is 1. The smallest absolute Gasteiger partial charge is 0.317 e. The first kappa shape index (κ1) is 11.3. The summed E-state index contributed by atoms with van der Waals surface area (Å²) in [6, 6.07) is 0. The van der Waals surface area contributed by atoms with Crippen molar-refractivity contribution in [3.05, 3.63) is 26.8 Å². The van der Waals surface area contributed by atoms with Crippen molar-refractivity contribution in [3.8, 4) is 11.5 Å². The minimum Gasteiger partial charge on any atom is -0.502 e. The van der Waals surface area contributed by atoms with E-state index in [-0.39, 0.29) is 11.4 Å². The topological polar surface area (TPSA) is 72.6 Å². The van der Waals surface area contributed by atoms with Gasteiger partial charge >= 0.3 is 5.69 Å². The number of benzene rings is 1. The van der Waals surface area contributed by atoms with E-state index in [2.05, 4.69) is 0 Å². The number of rotatable bonds is 2. The molecule has 0 spiro atoms. The van der Waals surface area contributed by atoms with Gasteiger partial charge in [0.2, 0.25) is 0 Å². The van der Waals surface area contributed by atoms with E-state index in [1.807, 2.05) is 0 Å². The molecule has 0 fully saturated rings. The Balaban J connectivity index is 3.68. The largest absolute Gasteiger partial charge is 0.502 e. The maximum atomic E-state index is 10.8. The van der Waals surface area contributed by atoms with E-state index in [9.17, 15) is 15.2 Å². The highest BCUT2D eigenvalue weighted by molar-refractivity contribution is 5.65. The fourth-order valence-corrected chi connectivity index (χ4v) is 1.62. The molecule has 82 valence electrons. The summed E-state index contributed by atoms with van der Waals surface area (Å²) in [7, 11) is 1.45. The van der Waals surface area contributed by atoms with Crippen molar-refractivity contribution >= 4 is 5.69 Å². The number of hydrogen-bond acceptors (Lipinski definition) is 4. The van der Waals surface area contributed by atoms with Crippen LogP contribution in [0.4, 0.5) is 5.69 Å². The number of hydrogen-bond donors (Lipinski definition) is 1. The number of aromatic hydroxyl groups is 1. The number of phenolic OH excluding ortho intramolecular Hbond substituents is 1. The highest BCUT2D eigenvalue weighted by atomic mass is 16.6. The van der Waals surface area contributed by atoms with Gasteiger partial charge in [0.1, 0.15) is 5.75 Å². The van der Waals surface area contributed by atoms with Crippen LogP contribution in [-0.4, -0.2) is 17.1 Å². The van der Waals surface area contributed by atoms with Gasteiger partial charge in [-0.15, -0.1) is 0 Å². The second-order valence-electron chi connectivity index (χ2n) is 3.36. The van der Waals surface area contributed by atoms with Crippen LogP contribution in [0.15, 0.2) is 0 Å². The monoisotopic (exact) mass is 211 g/mol. The zero-order valence-corrected chi connectivity index (χ0v) is 9.12. The van der Waals surface area contributed by atoms with Gasteiger partial charge in [0.05, 0.1) is 17.6 Å². The lowest BCUT2D eigenvalue weighted by Crippen LogP contribution is -2.00. The zero-order chi connectivity index (χ0) is 11.7. The molecule has 1 aromatic rings. The van der Waals surface area contributed by atoms with Crippen LogP contribution >= 0.6 is 0 Å². The van der Waals surface area contributed by atoms with Crippen LogP contribution in [0.25, 0.3) is 0 Å². The molecule has 0 aliphatic rings. The Morgan fingerprint density at radius 2 is 1.73 bits per heavy atom. The van der Waals surface area contributed by atoms with Crippen molar-refractivity contribution in [2.75, 3.05) is 7.11 Å². The Morgan fingerprint density at radius 1 is 1.20 bits per heavy atom. The number of nitro groups is 1. The van der Waals surface area contributed by atoms with Gasteiger partial charge in [0.25, 0.3) is 0 Å². The molecule has 0 heterocycles. The van der Waals surface area contributed by atoms with Gasteiger partial charge in [0, 0.05) is 5.56 Å². The molecule has 5 nitrogen and oxygen atoms in total. The summed E-state index contributed by atoms with van der Waals surface area (Å²) in [6.07, 6.45) is 0. The molecule has 0 saturated heterocycles. The quantitative estimate of drug-likeness (QED) is 0.601. The van der Waals surface area contributed by atoms with Gasteiger partial charge < -0.3 is 9.84 Å². The van der Waals surface area contributed by atoms with Crippen molar-refractivity contribution < 1.29 is 14.8 Å². The van der Waals surface area contributed by atoms with Crippen molar-refractivity contribution in [3.63, 3.8) is 0 Å². The lowest BCUT2D eigenvalue weighted by atomic mass is 10.0. The van der Waals surface area contributed by atoms with E-state index in [0.717, 1.165) is 5.56 Å². The zero-order valence-electron chi connectivity index (χ0n) is 9.12. The van der Waals surface area contributed by atoms with Gasteiger partial charge in [-0.05, 0) is 26.3 Å². The number of phenols is 1. The van der Waals surface area contributed by atoms with E-state index in [4.69, 9.17) is 4.74 Å². The molecule has 15 heavy (non-hydrogen) atoms. The minimum atomic E-state index is -0.598. The van der Waals surface area contributed by atoms with Crippen molar-refractivity contribution in [1.29, 1.82) is 0 Å². The third kappa shape index (κ3) is 1.60. The fraction of sp³-hybridized carbons (Fsp3) is 0.400. The molecule has 1 aromatic carbocycles. The summed E-state index contributed by atoms with van der Waals surface area (Å²) in [5, 5.41) is 20.4. The summed E-state index contributed by atoms with van der Waals surface area (Å²) in [5.74, 6) is 0.174. The fourth-order valence-electron chi connectivity index (χ4n) is 1.62. The molecule has 0 saturated carbocycles. The predicted molar refractivity (Wildman–Crippen MR) is 55.5 cm³/mol. The van der Waals surface area contributed by atoms with Crippen molar-refractivity contribution in [1.82, 2.24) is 0 Å². The summed E-state index contributed by atoms with van der Waals surface area (Å²) in [6.45, 7) is 4.94. The van der Waals surface area contributed by atoms with E-state index in [1.165, 1.54) is 7.11 Å². The van der Waals surface area contributed by atoms with Crippen LogP contribution in [-0.2, 0) is 0 Å². The van der Waals surface area contributed by atoms with Gasteiger partial charge in [-0.1, -0.05) is 0 Å². The standard InChI is InChI=1S/C10H13NO4/c1-5-6(2)10(15-4)7(3)8(9(5)12)11(13)14/h12H,1-4H3. The third-order valence-electron chi connectivity index (χ3n) is 2.57. The second kappa shape index (κ2) is 3.76. The molecule has 1 rings (SSSR count). The van der Waals surface area contributed by atoms with Crippen LogP contribution in [0.1, 0.15) is 16.7 Å². The highest BCUT2D eigenvalue weighted by Crippen LogP contribution is 2.41. The molecule has 0 bridgehead atoms. The van der Waals surface area contributed by atoms with Crippen molar-refractivity contribution in [2.45, 2.75) is 20.8 Å². The highest BCUT2D eigenvalue weighted by Gasteiger charge is 2.25. The summed E-state index contributed by atoms with van der Waals surface area (Å²) in [4.78, 5) is 10.2. The maximum absolute atomic E-state index is 10.8. The van der Waals surface area contributed by atoms with E-state index in [1.54, 1.807) is 20.8 Å². The van der Waals surface area contributed by atoms with E-state index in [0.29, 0.717) is 16.9 Å². The first-order chi connectivity index (χ1) is 6.91. The van der Waals surface area contributed by atoms with Crippen LogP contribution in [0.5, 0.6) is 11.5 Å².